The van der Waals surface area contributed by atoms with Crippen LogP contribution in [0.3, 0.4) is 0 Å². The number of nitrogens with zero attached hydrogens (tertiary/aromatic N) is 3. The molecule has 0 aliphatic carbocycles. The number of benzene rings is 1. The maximum Gasteiger partial charge on any atom is 0.410 e. The molecule has 1 amide bonds. The smallest absolute Gasteiger partial charge is 0.410 e. The Balaban J connectivity index is 1.59. The summed E-state index contributed by atoms with van der Waals surface area (Å²) in [7, 11) is 0. The van der Waals surface area contributed by atoms with Gasteiger partial charge < -0.3 is 14.5 Å². The summed E-state index contributed by atoms with van der Waals surface area (Å²) in [5.41, 5.74) is 1.70. The molecule has 0 radical (unpaired) electrons. The third kappa shape index (κ3) is 8.43. The van der Waals surface area contributed by atoms with E-state index in [1.54, 1.807) is 4.90 Å². The average Bonchev–Trinajstić information content (AvgIpc) is 2.62. The Kier molecular flexibility index (Phi) is 8.10. The first-order valence-electron chi connectivity index (χ1n) is 9.73. The monoisotopic (exact) mass is 375 g/mol. The van der Waals surface area contributed by atoms with Gasteiger partial charge in [0.25, 0.3) is 0 Å². The molecule has 0 bridgehead atoms. The van der Waals surface area contributed by atoms with E-state index in [1.807, 2.05) is 58.0 Å². The number of carbonyl (C=O) groups excluding carboxylic acids is 1. The Morgan fingerprint density at radius 2 is 1.78 bits per heavy atom. The molecule has 1 aliphatic heterocycles. The molecule has 0 N–H and O–H groups in total. The second kappa shape index (κ2) is 10.3. The SMILES string of the molecule is C/C(CCCN1CCN(C(=O)OC(C)(C)C)CC1)=N/OCc1ccccc1. The zero-order valence-corrected chi connectivity index (χ0v) is 17.1. The zero-order chi connectivity index (χ0) is 19.7. The van der Waals surface area contributed by atoms with Gasteiger partial charge >= 0.3 is 6.09 Å². The van der Waals surface area contributed by atoms with Crippen molar-refractivity contribution in [3.05, 3.63) is 35.9 Å². The van der Waals surface area contributed by atoms with Crippen molar-refractivity contribution in [2.24, 2.45) is 5.16 Å². The van der Waals surface area contributed by atoms with Crippen molar-refractivity contribution < 1.29 is 14.4 Å². The number of oxime groups is 1. The summed E-state index contributed by atoms with van der Waals surface area (Å²) >= 11 is 0. The number of amides is 1. The number of ether oxygens (including phenoxy) is 1. The van der Waals surface area contributed by atoms with Crippen LogP contribution in [0.5, 0.6) is 0 Å². The highest BCUT2D eigenvalue weighted by Crippen LogP contribution is 2.12. The average molecular weight is 376 g/mol. The van der Waals surface area contributed by atoms with Crippen molar-refractivity contribution in [1.29, 1.82) is 0 Å². The summed E-state index contributed by atoms with van der Waals surface area (Å²) in [6.45, 7) is 12.4. The molecule has 2 rings (SSSR count). The van der Waals surface area contributed by atoms with E-state index < -0.39 is 5.60 Å². The van der Waals surface area contributed by atoms with Crippen LogP contribution in [0.2, 0.25) is 0 Å². The Hall–Kier alpha value is -2.08. The summed E-state index contributed by atoms with van der Waals surface area (Å²) < 4.78 is 5.43. The highest BCUT2D eigenvalue weighted by molar-refractivity contribution is 5.81. The minimum absolute atomic E-state index is 0.208. The van der Waals surface area contributed by atoms with Crippen molar-refractivity contribution in [1.82, 2.24) is 9.80 Å². The fourth-order valence-electron chi connectivity index (χ4n) is 2.88. The lowest BCUT2D eigenvalue weighted by atomic mass is 10.2. The van der Waals surface area contributed by atoms with Crippen LogP contribution in [-0.2, 0) is 16.2 Å². The van der Waals surface area contributed by atoms with Gasteiger partial charge in [0, 0.05) is 26.2 Å². The van der Waals surface area contributed by atoms with Crippen molar-refractivity contribution in [3.63, 3.8) is 0 Å². The number of hydrogen-bond donors (Lipinski definition) is 0. The molecule has 6 nitrogen and oxygen atoms in total. The largest absolute Gasteiger partial charge is 0.444 e. The van der Waals surface area contributed by atoms with Crippen LogP contribution in [0.15, 0.2) is 35.5 Å². The molecule has 1 fully saturated rings. The molecule has 1 aliphatic rings. The summed E-state index contributed by atoms with van der Waals surface area (Å²) in [4.78, 5) is 21.7. The van der Waals surface area contributed by atoms with Gasteiger partial charge in [0.1, 0.15) is 12.2 Å². The summed E-state index contributed by atoms with van der Waals surface area (Å²) in [5.74, 6) is 0. The lowest BCUT2D eigenvalue weighted by Crippen LogP contribution is -2.50. The van der Waals surface area contributed by atoms with Crippen LogP contribution in [0.25, 0.3) is 0 Å². The topological polar surface area (TPSA) is 54.4 Å². The quantitative estimate of drug-likeness (QED) is 0.535. The molecule has 6 heteroatoms. The number of hydrogen-bond acceptors (Lipinski definition) is 5. The Bertz CT molecular complexity index is 603. The lowest BCUT2D eigenvalue weighted by molar-refractivity contribution is 0.0145. The van der Waals surface area contributed by atoms with Gasteiger partial charge in [0.2, 0.25) is 0 Å². The van der Waals surface area contributed by atoms with Crippen molar-refractivity contribution in [2.45, 2.75) is 52.7 Å². The first-order valence-corrected chi connectivity index (χ1v) is 9.73. The van der Waals surface area contributed by atoms with Crippen LogP contribution in [0, 0.1) is 0 Å². The van der Waals surface area contributed by atoms with Gasteiger partial charge in [0.05, 0.1) is 5.71 Å². The highest BCUT2D eigenvalue weighted by Gasteiger charge is 2.25. The van der Waals surface area contributed by atoms with E-state index in [2.05, 4.69) is 10.1 Å². The lowest BCUT2D eigenvalue weighted by Gasteiger charge is -2.35. The molecule has 27 heavy (non-hydrogen) atoms. The second-order valence-electron chi connectivity index (χ2n) is 8.00. The summed E-state index contributed by atoms with van der Waals surface area (Å²) in [6, 6.07) is 10.0. The van der Waals surface area contributed by atoms with Crippen molar-refractivity contribution >= 4 is 11.8 Å². The molecule has 150 valence electrons. The van der Waals surface area contributed by atoms with Crippen molar-refractivity contribution in [3.8, 4) is 0 Å². The van der Waals surface area contributed by atoms with Crippen LogP contribution < -0.4 is 0 Å². The minimum Gasteiger partial charge on any atom is -0.444 e. The van der Waals surface area contributed by atoms with E-state index >= 15 is 0 Å². The third-order valence-corrected chi connectivity index (χ3v) is 4.33. The molecule has 0 atom stereocenters. The Morgan fingerprint density at radius 3 is 2.41 bits per heavy atom. The van der Waals surface area contributed by atoms with Gasteiger partial charge in [-0.25, -0.2) is 4.79 Å². The molecule has 1 aromatic carbocycles. The van der Waals surface area contributed by atoms with E-state index in [9.17, 15) is 4.79 Å². The molecule has 1 aromatic rings. The van der Waals surface area contributed by atoms with Gasteiger partial charge in [-0.3, -0.25) is 4.90 Å². The number of piperazine rings is 1. The first-order chi connectivity index (χ1) is 12.8. The Labute approximate surface area is 163 Å². The number of rotatable bonds is 7. The van der Waals surface area contributed by atoms with Gasteiger partial charge in [-0.2, -0.15) is 0 Å². The molecule has 1 saturated heterocycles. The maximum absolute atomic E-state index is 12.1. The van der Waals surface area contributed by atoms with Crippen molar-refractivity contribution in [2.75, 3.05) is 32.7 Å². The fraction of sp³-hybridized carbons (Fsp3) is 0.619. The van der Waals surface area contributed by atoms with Gasteiger partial charge in [-0.05, 0) is 52.6 Å². The first kappa shape index (κ1) is 21.2. The molecular weight excluding hydrogens is 342 g/mol. The van der Waals surface area contributed by atoms with E-state index in [4.69, 9.17) is 9.57 Å². The summed E-state index contributed by atoms with van der Waals surface area (Å²) in [5, 5.41) is 4.20. The van der Waals surface area contributed by atoms with Crippen LogP contribution >= 0.6 is 0 Å². The van der Waals surface area contributed by atoms with E-state index in [0.717, 1.165) is 56.8 Å². The maximum atomic E-state index is 12.1. The van der Waals surface area contributed by atoms with E-state index in [1.165, 1.54) is 0 Å². The Morgan fingerprint density at radius 1 is 1.11 bits per heavy atom. The second-order valence-corrected chi connectivity index (χ2v) is 8.00. The standard InChI is InChI=1S/C21H33N3O3/c1-18(22-26-17-19-10-6-5-7-11-19)9-8-12-23-13-15-24(16-14-23)20(25)27-21(2,3)4/h5-7,10-11H,8-9,12-17H2,1-4H3/b22-18-. The fourth-order valence-corrected chi connectivity index (χ4v) is 2.88. The van der Waals surface area contributed by atoms with Gasteiger partial charge in [0.15, 0.2) is 0 Å². The third-order valence-electron chi connectivity index (χ3n) is 4.33. The van der Waals surface area contributed by atoms with Gasteiger partial charge in [-0.1, -0.05) is 35.5 Å². The summed E-state index contributed by atoms with van der Waals surface area (Å²) in [6.07, 6.45) is 1.75. The van der Waals surface area contributed by atoms with Crippen LogP contribution in [-0.4, -0.2) is 59.9 Å². The number of carbonyl (C=O) groups is 1. The highest BCUT2D eigenvalue weighted by atomic mass is 16.6. The van der Waals surface area contributed by atoms with Crippen LogP contribution in [0.1, 0.15) is 46.1 Å². The molecule has 1 heterocycles. The molecule has 0 unspecified atom stereocenters. The normalized spacial score (nSPS) is 16.3. The van der Waals surface area contributed by atoms with Crippen LogP contribution in [0.4, 0.5) is 4.79 Å². The van der Waals surface area contributed by atoms with E-state index in [0.29, 0.717) is 6.61 Å². The van der Waals surface area contributed by atoms with Gasteiger partial charge in [-0.15, -0.1) is 0 Å². The molecule has 0 aromatic heterocycles. The minimum atomic E-state index is -0.437. The molecule has 0 spiro atoms. The predicted molar refractivity (Wildman–Crippen MR) is 108 cm³/mol. The zero-order valence-electron chi connectivity index (χ0n) is 17.1. The molecular formula is C21H33N3O3. The molecule has 0 saturated carbocycles. The van der Waals surface area contributed by atoms with E-state index in [-0.39, 0.29) is 6.09 Å². The predicted octanol–water partition coefficient (Wildman–Crippen LogP) is 3.91.